The summed E-state index contributed by atoms with van der Waals surface area (Å²) in [6.45, 7) is 4.39. The molecule has 1 aromatic carbocycles. The van der Waals surface area contributed by atoms with E-state index in [9.17, 15) is 24.5 Å². The number of nitro benzene ring substituents is 1. The third-order valence-corrected chi connectivity index (χ3v) is 6.00. The summed E-state index contributed by atoms with van der Waals surface area (Å²) in [6.07, 6.45) is 2.83. The lowest BCUT2D eigenvalue weighted by Gasteiger charge is -2.34. The van der Waals surface area contributed by atoms with Gasteiger partial charge in [-0.25, -0.2) is 0 Å². The van der Waals surface area contributed by atoms with Gasteiger partial charge < -0.3 is 15.5 Å². The average Bonchev–Trinajstić information content (AvgIpc) is 2.74. The number of H-pyrrole nitrogens is 1. The van der Waals surface area contributed by atoms with Crippen molar-refractivity contribution in [3.63, 3.8) is 0 Å². The molecule has 11 nitrogen and oxygen atoms in total. The van der Waals surface area contributed by atoms with E-state index in [-0.39, 0.29) is 35.2 Å². The number of aryl methyl sites for hydroxylation is 1. The van der Waals surface area contributed by atoms with Gasteiger partial charge in [0.2, 0.25) is 17.8 Å². The first-order chi connectivity index (χ1) is 15.2. The van der Waals surface area contributed by atoms with Gasteiger partial charge in [-0.3, -0.25) is 29.5 Å². The number of carbonyl (C=O) groups excluding carboxylic acids is 2. The number of amides is 2. The Kier molecular flexibility index (Phi) is 5.64. The summed E-state index contributed by atoms with van der Waals surface area (Å²) >= 11 is 0. The number of aromatic nitrogens is 2. The molecule has 2 amide bonds. The molecule has 2 atom stereocenters. The van der Waals surface area contributed by atoms with E-state index in [1.54, 1.807) is 6.92 Å². The second kappa shape index (κ2) is 8.40. The molecule has 0 spiro atoms. The third kappa shape index (κ3) is 4.05. The molecule has 1 fully saturated rings. The summed E-state index contributed by atoms with van der Waals surface area (Å²) in [4.78, 5) is 58.1. The summed E-state index contributed by atoms with van der Waals surface area (Å²) in [5.41, 5.74) is 0.123. The van der Waals surface area contributed by atoms with Crippen LogP contribution in [-0.4, -0.2) is 39.3 Å². The minimum Gasteiger partial charge on any atom is -0.340 e. The fraction of sp³-hybridized carbons (Fsp3) is 0.429. The van der Waals surface area contributed by atoms with Crippen molar-refractivity contribution in [1.82, 2.24) is 9.97 Å². The standard InChI is InChI=1S/C21H24N6O5/c1-11-6-7-13(9-15(11)27(31)32)22-19(29)14-10-16(28)23-18-17(14)20(30)25-21(24-18)26-8-4-3-5-12(26)2/h6-7,9,12,14H,3-5,8,10H2,1-2H3,(H,22,29)(H2,23,24,25,28,30)/t12-,14+/m1/s1. The van der Waals surface area contributed by atoms with Crippen molar-refractivity contribution in [3.8, 4) is 0 Å². The molecule has 2 aliphatic rings. The Hall–Kier alpha value is -3.76. The highest BCUT2D eigenvalue weighted by Crippen LogP contribution is 2.32. The van der Waals surface area contributed by atoms with Crippen molar-refractivity contribution in [2.75, 3.05) is 22.1 Å². The van der Waals surface area contributed by atoms with Crippen molar-refractivity contribution in [2.45, 2.75) is 51.5 Å². The molecule has 168 valence electrons. The van der Waals surface area contributed by atoms with Crippen LogP contribution in [0.15, 0.2) is 23.0 Å². The number of carbonyl (C=O) groups is 2. The Labute approximate surface area is 183 Å². The number of aromatic amines is 1. The summed E-state index contributed by atoms with van der Waals surface area (Å²) in [6, 6.07) is 4.50. The predicted octanol–water partition coefficient (Wildman–Crippen LogP) is 2.43. The zero-order valence-electron chi connectivity index (χ0n) is 17.8. The number of rotatable bonds is 4. The zero-order valence-corrected chi connectivity index (χ0v) is 17.8. The van der Waals surface area contributed by atoms with E-state index < -0.39 is 28.2 Å². The van der Waals surface area contributed by atoms with E-state index in [0.29, 0.717) is 11.5 Å². The van der Waals surface area contributed by atoms with E-state index in [4.69, 9.17) is 0 Å². The number of anilines is 3. The van der Waals surface area contributed by atoms with Gasteiger partial charge in [-0.1, -0.05) is 6.07 Å². The van der Waals surface area contributed by atoms with Crippen LogP contribution < -0.4 is 21.1 Å². The van der Waals surface area contributed by atoms with Crippen LogP contribution in [0.3, 0.4) is 0 Å². The summed E-state index contributed by atoms with van der Waals surface area (Å²) < 4.78 is 0. The van der Waals surface area contributed by atoms with E-state index in [1.807, 2.05) is 11.8 Å². The number of nitro groups is 1. The van der Waals surface area contributed by atoms with Gasteiger partial charge in [0.15, 0.2) is 0 Å². The van der Waals surface area contributed by atoms with Crippen LogP contribution in [0.4, 0.5) is 23.1 Å². The van der Waals surface area contributed by atoms with Crippen LogP contribution in [0.2, 0.25) is 0 Å². The quantitative estimate of drug-likeness (QED) is 0.488. The number of hydrogen-bond donors (Lipinski definition) is 3. The molecule has 0 aliphatic carbocycles. The Balaban J connectivity index is 1.65. The number of benzene rings is 1. The maximum Gasteiger partial charge on any atom is 0.274 e. The number of piperidine rings is 1. The van der Waals surface area contributed by atoms with Crippen molar-refractivity contribution < 1.29 is 14.5 Å². The Bertz CT molecular complexity index is 1160. The number of hydrogen-bond acceptors (Lipinski definition) is 7. The molecule has 0 unspecified atom stereocenters. The number of nitrogens with zero attached hydrogens (tertiary/aromatic N) is 3. The van der Waals surface area contributed by atoms with E-state index in [0.717, 1.165) is 25.8 Å². The Morgan fingerprint density at radius 1 is 1.31 bits per heavy atom. The predicted molar refractivity (Wildman–Crippen MR) is 118 cm³/mol. The highest BCUT2D eigenvalue weighted by molar-refractivity contribution is 6.04. The SMILES string of the molecule is Cc1ccc(NC(=O)[C@H]2CC(=O)Nc3nc(N4CCCC[C@H]4C)[nH]c(=O)c32)cc1[N+](=O)[O-]. The maximum absolute atomic E-state index is 13.0. The molecule has 0 radical (unpaired) electrons. The van der Waals surface area contributed by atoms with E-state index >= 15 is 0 Å². The maximum atomic E-state index is 13.0. The molecule has 11 heteroatoms. The Morgan fingerprint density at radius 2 is 2.09 bits per heavy atom. The molecule has 0 saturated carbocycles. The van der Waals surface area contributed by atoms with Crippen molar-refractivity contribution in [2.24, 2.45) is 0 Å². The molecule has 4 rings (SSSR count). The van der Waals surface area contributed by atoms with Crippen molar-refractivity contribution in [3.05, 3.63) is 49.8 Å². The van der Waals surface area contributed by atoms with E-state index in [2.05, 4.69) is 20.6 Å². The fourth-order valence-corrected chi connectivity index (χ4v) is 4.25. The van der Waals surface area contributed by atoms with Gasteiger partial charge in [0.05, 0.1) is 16.4 Å². The first-order valence-electron chi connectivity index (χ1n) is 10.5. The van der Waals surface area contributed by atoms with Crippen LogP contribution in [0.25, 0.3) is 0 Å². The topological polar surface area (TPSA) is 150 Å². The zero-order chi connectivity index (χ0) is 23.0. The molecule has 32 heavy (non-hydrogen) atoms. The lowest BCUT2D eigenvalue weighted by molar-refractivity contribution is -0.385. The molecular weight excluding hydrogens is 416 g/mol. The first-order valence-corrected chi connectivity index (χ1v) is 10.5. The van der Waals surface area contributed by atoms with Crippen LogP contribution in [0, 0.1) is 17.0 Å². The fourth-order valence-electron chi connectivity index (χ4n) is 4.25. The lowest BCUT2D eigenvalue weighted by atomic mass is 9.92. The smallest absolute Gasteiger partial charge is 0.274 e. The van der Waals surface area contributed by atoms with Crippen molar-refractivity contribution >= 4 is 35.0 Å². The number of nitrogens with one attached hydrogen (secondary N) is 3. The summed E-state index contributed by atoms with van der Waals surface area (Å²) in [5, 5.41) is 16.4. The largest absolute Gasteiger partial charge is 0.340 e. The van der Waals surface area contributed by atoms with E-state index in [1.165, 1.54) is 18.2 Å². The molecular formula is C21H24N6O5. The minimum atomic E-state index is -1.07. The van der Waals surface area contributed by atoms with Crippen molar-refractivity contribution in [1.29, 1.82) is 0 Å². The minimum absolute atomic E-state index is 0.0767. The highest BCUT2D eigenvalue weighted by Gasteiger charge is 2.35. The van der Waals surface area contributed by atoms with Gasteiger partial charge in [-0.2, -0.15) is 4.98 Å². The lowest BCUT2D eigenvalue weighted by Crippen LogP contribution is -2.42. The van der Waals surface area contributed by atoms with Gasteiger partial charge in [0.25, 0.3) is 11.2 Å². The molecule has 1 aromatic heterocycles. The Morgan fingerprint density at radius 3 is 2.81 bits per heavy atom. The monoisotopic (exact) mass is 440 g/mol. The van der Waals surface area contributed by atoms with Crippen LogP contribution in [0.1, 0.15) is 49.7 Å². The first kappa shape index (κ1) is 21.5. The second-order valence-electron chi connectivity index (χ2n) is 8.24. The molecule has 3 N–H and O–H groups in total. The second-order valence-corrected chi connectivity index (χ2v) is 8.24. The third-order valence-electron chi connectivity index (χ3n) is 6.00. The van der Waals surface area contributed by atoms with Gasteiger partial charge in [0.1, 0.15) is 5.82 Å². The van der Waals surface area contributed by atoms with Gasteiger partial charge in [0, 0.05) is 36.3 Å². The van der Waals surface area contributed by atoms with Crippen LogP contribution in [0.5, 0.6) is 0 Å². The molecule has 2 aromatic rings. The highest BCUT2D eigenvalue weighted by atomic mass is 16.6. The summed E-state index contributed by atoms with van der Waals surface area (Å²) in [5.74, 6) is -1.65. The molecule has 3 heterocycles. The van der Waals surface area contributed by atoms with Crippen LogP contribution >= 0.6 is 0 Å². The average molecular weight is 440 g/mol. The van der Waals surface area contributed by atoms with Gasteiger partial charge >= 0.3 is 0 Å². The van der Waals surface area contributed by atoms with Gasteiger partial charge in [-0.15, -0.1) is 0 Å². The number of fused-ring (bicyclic) bond motifs is 1. The normalized spacial score (nSPS) is 20.3. The molecule has 0 bridgehead atoms. The summed E-state index contributed by atoms with van der Waals surface area (Å²) in [7, 11) is 0. The molecule has 1 saturated heterocycles. The van der Waals surface area contributed by atoms with Gasteiger partial charge in [-0.05, 0) is 39.2 Å². The molecule has 2 aliphatic heterocycles. The van der Waals surface area contributed by atoms with Crippen LogP contribution in [-0.2, 0) is 9.59 Å².